The van der Waals surface area contributed by atoms with Crippen LogP contribution in [0.25, 0.3) is 0 Å². The zero-order valence-corrected chi connectivity index (χ0v) is 17.9. The number of carbonyl (C=O) groups is 1. The normalized spacial score (nSPS) is 14.3. The van der Waals surface area contributed by atoms with Crippen LogP contribution in [0.5, 0.6) is 11.5 Å². The molecule has 0 saturated heterocycles. The van der Waals surface area contributed by atoms with E-state index in [0.717, 1.165) is 0 Å². The van der Waals surface area contributed by atoms with Crippen LogP contribution in [-0.4, -0.2) is 24.0 Å². The Balaban J connectivity index is 2.25. The summed E-state index contributed by atoms with van der Waals surface area (Å²) in [5.41, 5.74) is 13.3. The van der Waals surface area contributed by atoms with Gasteiger partial charge < -0.3 is 26.3 Å². The number of nitrogens with zero attached hydrogens (tertiary/aromatic N) is 4. The molecule has 0 saturated carbocycles. The lowest BCUT2D eigenvalue weighted by atomic mass is 9.95. The molecule has 2 aromatic rings. The van der Waals surface area contributed by atoms with Crippen LogP contribution < -0.4 is 31.6 Å². The van der Waals surface area contributed by atoms with E-state index in [0.29, 0.717) is 20.4 Å². The molecule has 0 spiro atoms. The van der Waals surface area contributed by atoms with Crippen molar-refractivity contribution in [2.45, 2.75) is 13.0 Å². The second kappa shape index (κ2) is 8.30. The van der Waals surface area contributed by atoms with Crippen molar-refractivity contribution in [2.24, 2.45) is 4.99 Å². The van der Waals surface area contributed by atoms with E-state index in [4.69, 9.17) is 26.2 Å². The first-order chi connectivity index (χ1) is 14.3. The fourth-order valence-electron chi connectivity index (χ4n) is 2.96. The molecule has 3 rings (SSSR count). The number of nitrogens with two attached hydrogens (primary N) is 2. The van der Waals surface area contributed by atoms with E-state index in [2.05, 4.69) is 20.6 Å². The summed E-state index contributed by atoms with van der Waals surface area (Å²) in [5, 5.41) is 23.7. The fourth-order valence-corrected chi connectivity index (χ4v) is 3.70. The molecule has 0 fully saturated rings. The number of rotatable bonds is 3. The SMILES string of the molecule is COc1cc(C2N=C(NC#N)Nc3nc(N)c(C#N)c(N)c32)cc(I)c1OC(C)=O. The van der Waals surface area contributed by atoms with E-state index in [-0.39, 0.29) is 34.6 Å². The molecule has 0 aliphatic carbocycles. The molecular formula is C18H15IN8O3. The number of anilines is 3. The largest absolute Gasteiger partial charge is 0.493 e. The molecule has 1 aromatic heterocycles. The van der Waals surface area contributed by atoms with Gasteiger partial charge in [0.15, 0.2) is 17.7 Å². The number of ether oxygens (including phenoxy) is 2. The molecule has 1 aliphatic heterocycles. The summed E-state index contributed by atoms with van der Waals surface area (Å²) < 4.78 is 11.2. The first kappa shape index (κ1) is 20.9. The summed E-state index contributed by atoms with van der Waals surface area (Å²) in [7, 11) is 1.44. The topological polar surface area (TPSA) is 184 Å². The van der Waals surface area contributed by atoms with Gasteiger partial charge in [-0.25, -0.2) is 9.98 Å². The van der Waals surface area contributed by atoms with E-state index in [1.165, 1.54) is 14.0 Å². The number of methoxy groups -OCH3 is 1. The smallest absolute Gasteiger partial charge is 0.308 e. The highest BCUT2D eigenvalue weighted by molar-refractivity contribution is 14.1. The van der Waals surface area contributed by atoms with Crippen LogP contribution in [0, 0.1) is 26.4 Å². The lowest BCUT2D eigenvalue weighted by molar-refractivity contribution is -0.132. The fraction of sp³-hybridized carbons (Fsp3) is 0.167. The van der Waals surface area contributed by atoms with Gasteiger partial charge >= 0.3 is 5.97 Å². The van der Waals surface area contributed by atoms with Crippen LogP contribution in [0.3, 0.4) is 0 Å². The number of nitrogen functional groups attached to an aromatic ring is 2. The van der Waals surface area contributed by atoms with Crippen molar-refractivity contribution in [3.8, 4) is 23.8 Å². The van der Waals surface area contributed by atoms with Crippen LogP contribution in [-0.2, 0) is 4.79 Å². The molecule has 6 N–H and O–H groups in total. The van der Waals surface area contributed by atoms with Gasteiger partial charge in [-0.15, -0.1) is 0 Å². The summed E-state index contributed by atoms with van der Waals surface area (Å²) in [6, 6.07) is 4.57. The Bertz CT molecular complexity index is 1170. The molecule has 152 valence electrons. The lowest BCUT2D eigenvalue weighted by Gasteiger charge is -2.26. The highest BCUT2D eigenvalue weighted by Crippen LogP contribution is 2.43. The Morgan fingerprint density at radius 1 is 1.37 bits per heavy atom. The highest BCUT2D eigenvalue weighted by atomic mass is 127. The van der Waals surface area contributed by atoms with Crippen LogP contribution >= 0.6 is 22.6 Å². The monoisotopic (exact) mass is 518 g/mol. The van der Waals surface area contributed by atoms with Gasteiger partial charge in [0.05, 0.1) is 16.4 Å². The molecule has 30 heavy (non-hydrogen) atoms. The molecule has 1 atom stereocenters. The highest BCUT2D eigenvalue weighted by Gasteiger charge is 2.31. The minimum Gasteiger partial charge on any atom is -0.493 e. The number of nitrogens with one attached hydrogen (secondary N) is 2. The van der Waals surface area contributed by atoms with E-state index >= 15 is 0 Å². The second-order valence-corrected chi connectivity index (χ2v) is 7.19. The van der Waals surface area contributed by atoms with Gasteiger partial charge in [-0.2, -0.15) is 10.5 Å². The Morgan fingerprint density at radius 3 is 2.70 bits per heavy atom. The summed E-state index contributed by atoms with van der Waals surface area (Å²) >= 11 is 2.01. The van der Waals surface area contributed by atoms with Crippen molar-refractivity contribution < 1.29 is 14.3 Å². The number of halogens is 1. The number of aliphatic imine (C=N–C) groups is 1. The molecule has 12 heteroatoms. The number of guanidine groups is 1. The average molecular weight is 518 g/mol. The van der Waals surface area contributed by atoms with Crippen LogP contribution in [0.4, 0.5) is 17.3 Å². The van der Waals surface area contributed by atoms with Crippen molar-refractivity contribution in [1.29, 1.82) is 10.5 Å². The molecule has 1 aliphatic rings. The van der Waals surface area contributed by atoms with Crippen LogP contribution in [0.2, 0.25) is 0 Å². The van der Waals surface area contributed by atoms with Gasteiger partial charge in [0.25, 0.3) is 0 Å². The van der Waals surface area contributed by atoms with Crippen LogP contribution in [0.1, 0.15) is 29.7 Å². The van der Waals surface area contributed by atoms with Gasteiger partial charge in [0.2, 0.25) is 5.96 Å². The minimum absolute atomic E-state index is 0.0330. The number of nitriles is 2. The minimum atomic E-state index is -0.744. The number of pyridine rings is 1. The average Bonchev–Trinajstić information content (AvgIpc) is 2.68. The number of hydrogen-bond donors (Lipinski definition) is 4. The number of carbonyl (C=O) groups excluding carboxylic acids is 1. The van der Waals surface area contributed by atoms with Gasteiger partial charge in [-0.05, 0) is 40.3 Å². The van der Waals surface area contributed by atoms with Crippen LogP contribution in [0.15, 0.2) is 17.1 Å². The number of fused-ring (bicyclic) bond motifs is 1. The van der Waals surface area contributed by atoms with E-state index in [1.807, 2.05) is 28.7 Å². The maximum Gasteiger partial charge on any atom is 0.308 e. The van der Waals surface area contributed by atoms with Gasteiger partial charge in [-0.3, -0.25) is 10.1 Å². The molecule has 2 heterocycles. The third-order valence-corrected chi connectivity index (χ3v) is 4.97. The molecule has 1 aromatic carbocycles. The number of hydrogen-bond acceptors (Lipinski definition) is 11. The zero-order valence-electron chi connectivity index (χ0n) is 15.8. The predicted octanol–water partition coefficient (Wildman–Crippen LogP) is 1.60. The Hall–Kier alpha value is -3.78. The third-order valence-electron chi connectivity index (χ3n) is 4.17. The Kier molecular flexibility index (Phi) is 5.79. The Labute approximate surface area is 184 Å². The van der Waals surface area contributed by atoms with Gasteiger partial charge in [0, 0.05) is 12.5 Å². The van der Waals surface area contributed by atoms with Crippen molar-refractivity contribution >= 4 is 51.8 Å². The summed E-state index contributed by atoms with van der Waals surface area (Å²) in [6.07, 6.45) is 1.79. The van der Waals surface area contributed by atoms with E-state index in [1.54, 1.807) is 18.3 Å². The number of aromatic nitrogens is 1. The quantitative estimate of drug-likeness (QED) is 0.153. The van der Waals surface area contributed by atoms with Crippen molar-refractivity contribution in [1.82, 2.24) is 10.3 Å². The summed E-state index contributed by atoms with van der Waals surface area (Å²) in [5.74, 6) is 0.426. The number of benzene rings is 1. The third kappa shape index (κ3) is 3.72. The summed E-state index contributed by atoms with van der Waals surface area (Å²) in [4.78, 5) is 20.1. The standard InChI is InChI=1S/C18H15IN8O3/c1-7(28)30-15-10(19)3-8(4-11(15)29-2)14-12-13(22)9(5-20)16(23)26-17(12)27-18(25-14)24-6-21/h3-4,14H,1-2H3,(H6,22,23,24,25,26,27). The molecule has 1 unspecified atom stereocenters. The summed E-state index contributed by atoms with van der Waals surface area (Å²) in [6.45, 7) is 1.29. The van der Waals surface area contributed by atoms with Gasteiger partial charge in [-0.1, -0.05) is 0 Å². The maximum atomic E-state index is 11.4. The van der Waals surface area contributed by atoms with Crippen molar-refractivity contribution in [2.75, 3.05) is 23.9 Å². The first-order valence-electron chi connectivity index (χ1n) is 8.35. The van der Waals surface area contributed by atoms with E-state index < -0.39 is 12.0 Å². The molecule has 11 nitrogen and oxygen atoms in total. The zero-order chi connectivity index (χ0) is 22.0. The second-order valence-electron chi connectivity index (χ2n) is 6.03. The molecule has 0 amide bonds. The first-order valence-corrected chi connectivity index (χ1v) is 9.43. The van der Waals surface area contributed by atoms with E-state index in [9.17, 15) is 10.1 Å². The molecular weight excluding hydrogens is 503 g/mol. The van der Waals surface area contributed by atoms with Crippen molar-refractivity contribution in [3.05, 3.63) is 32.4 Å². The molecule has 0 radical (unpaired) electrons. The van der Waals surface area contributed by atoms with Gasteiger partial charge in [0.1, 0.15) is 29.3 Å². The lowest BCUT2D eigenvalue weighted by Crippen LogP contribution is -2.32. The molecule has 0 bridgehead atoms. The van der Waals surface area contributed by atoms with Crippen molar-refractivity contribution in [3.63, 3.8) is 0 Å². The maximum absolute atomic E-state index is 11.4. The predicted molar refractivity (Wildman–Crippen MR) is 116 cm³/mol. The Morgan fingerprint density at radius 2 is 2.10 bits per heavy atom. The number of esters is 1.